The molecule has 0 saturated heterocycles. The van der Waals surface area contributed by atoms with E-state index in [9.17, 15) is 0 Å². The molecular weight excluding hydrogens is 180 g/mol. The van der Waals surface area contributed by atoms with Crippen molar-refractivity contribution in [3.63, 3.8) is 0 Å². The minimum Gasteiger partial charge on any atom is -0.385 e. The first kappa shape index (κ1) is 11.1. The maximum atomic E-state index is 5.00. The van der Waals surface area contributed by atoms with Crippen molar-refractivity contribution in [2.24, 2.45) is 7.05 Å². The fraction of sp³-hybridized carbons (Fsp3) is 0.778. The Balaban J connectivity index is 2.23. The molecule has 0 aromatic carbocycles. The summed E-state index contributed by atoms with van der Waals surface area (Å²) in [7, 11) is 3.61. The molecule has 0 radical (unpaired) electrons. The second kappa shape index (κ2) is 5.72. The van der Waals surface area contributed by atoms with Crippen molar-refractivity contribution in [2.45, 2.75) is 25.9 Å². The van der Waals surface area contributed by atoms with Gasteiger partial charge < -0.3 is 10.1 Å². The summed E-state index contributed by atoms with van der Waals surface area (Å²) in [6, 6.07) is 0.449. The predicted molar refractivity (Wildman–Crippen MR) is 53.8 cm³/mol. The molecule has 14 heavy (non-hydrogen) atoms. The van der Waals surface area contributed by atoms with Crippen LogP contribution in [-0.2, 0) is 18.3 Å². The van der Waals surface area contributed by atoms with Crippen LogP contribution in [0.15, 0.2) is 6.20 Å². The van der Waals surface area contributed by atoms with Gasteiger partial charge in [0.05, 0.1) is 11.9 Å². The summed E-state index contributed by atoms with van der Waals surface area (Å²) >= 11 is 0. The van der Waals surface area contributed by atoms with Crippen LogP contribution >= 0.6 is 0 Å². The second-order valence-electron chi connectivity index (χ2n) is 3.41. The van der Waals surface area contributed by atoms with E-state index < -0.39 is 0 Å². The molecule has 5 heteroatoms. The lowest BCUT2D eigenvalue weighted by atomic mass is 10.2. The second-order valence-corrected chi connectivity index (χ2v) is 3.41. The van der Waals surface area contributed by atoms with Crippen molar-refractivity contribution < 1.29 is 4.74 Å². The number of ether oxygens (including phenoxy) is 1. The quantitative estimate of drug-likeness (QED) is 0.715. The summed E-state index contributed by atoms with van der Waals surface area (Å²) in [5.41, 5.74) is 1.09. The monoisotopic (exact) mass is 198 g/mol. The first-order valence-corrected chi connectivity index (χ1v) is 4.80. The Morgan fingerprint density at radius 2 is 2.43 bits per heavy atom. The van der Waals surface area contributed by atoms with Crippen LogP contribution in [0.5, 0.6) is 0 Å². The topological polar surface area (TPSA) is 52.0 Å². The molecule has 0 fully saturated rings. The zero-order valence-corrected chi connectivity index (χ0v) is 9.03. The van der Waals surface area contributed by atoms with E-state index in [1.54, 1.807) is 18.0 Å². The van der Waals surface area contributed by atoms with Crippen molar-refractivity contribution in [3.05, 3.63) is 11.9 Å². The lowest BCUT2D eigenvalue weighted by Crippen LogP contribution is -2.27. The molecule has 1 atom stereocenters. The molecule has 5 nitrogen and oxygen atoms in total. The van der Waals surface area contributed by atoms with Crippen LogP contribution in [-0.4, -0.2) is 34.8 Å². The van der Waals surface area contributed by atoms with Crippen LogP contribution in [0.1, 0.15) is 19.0 Å². The summed E-state index contributed by atoms with van der Waals surface area (Å²) in [4.78, 5) is 0. The van der Waals surface area contributed by atoms with Gasteiger partial charge in [-0.1, -0.05) is 5.21 Å². The summed E-state index contributed by atoms with van der Waals surface area (Å²) in [5.74, 6) is 0. The van der Waals surface area contributed by atoms with Crippen molar-refractivity contribution in [1.29, 1.82) is 0 Å². The number of nitrogens with zero attached hydrogens (tertiary/aromatic N) is 3. The summed E-state index contributed by atoms with van der Waals surface area (Å²) in [6.45, 7) is 3.73. The third-order valence-electron chi connectivity index (χ3n) is 2.19. The van der Waals surface area contributed by atoms with Gasteiger partial charge in [-0.25, -0.2) is 0 Å². The number of methoxy groups -OCH3 is 1. The average Bonchev–Trinajstić information content (AvgIpc) is 2.58. The van der Waals surface area contributed by atoms with Crippen molar-refractivity contribution in [1.82, 2.24) is 20.3 Å². The fourth-order valence-corrected chi connectivity index (χ4v) is 1.15. The number of hydrogen-bond acceptors (Lipinski definition) is 4. The van der Waals surface area contributed by atoms with Gasteiger partial charge in [-0.05, 0) is 13.3 Å². The largest absolute Gasteiger partial charge is 0.385 e. The fourth-order valence-electron chi connectivity index (χ4n) is 1.15. The van der Waals surface area contributed by atoms with Gasteiger partial charge in [0.25, 0.3) is 0 Å². The average molecular weight is 198 g/mol. The van der Waals surface area contributed by atoms with Crippen LogP contribution in [0, 0.1) is 0 Å². The van der Waals surface area contributed by atoms with Crippen LogP contribution in [0.3, 0.4) is 0 Å². The molecule has 1 aromatic heterocycles. The Morgan fingerprint density at radius 1 is 1.64 bits per heavy atom. The molecule has 0 spiro atoms. The Hall–Kier alpha value is -0.940. The van der Waals surface area contributed by atoms with Gasteiger partial charge in [0.2, 0.25) is 0 Å². The lowest BCUT2D eigenvalue weighted by Gasteiger charge is -2.12. The van der Waals surface area contributed by atoms with Crippen LogP contribution in [0.25, 0.3) is 0 Å². The zero-order chi connectivity index (χ0) is 10.4. The maximum Gasteiger partial charge on any atom is 0.0738 e. The molecule has 0 aliphatic rings. The number of aromatic nitrogens is 3. The van der Waals surface area contributed by atoms with E-state index in [1.165, 1.54) is 0 Å². The molecule has 1 heterocycles. The van der Waals surface area contributed by atoms with E-state index in [0.29, 0.717) is 6.04 Å². The van der Waals surface area contributed by atoms with Crippen molar-refractivity contribution in [3.8, 4) is 0 Å². The van der Waals surface area contributed by atoms with Crippen LogP contribution in [0.2, 0.25) is 0 Å². The smallest absolute Gasteiger partial charge is 0.0738 e. The van der Waals surface area contributed by atoms with E-state index in [2.05, 4.69) is 22.6 Å². The van der Waals surface area contributed by atoms with Crippen LogP contribution in [0.4, 0.5) is 0 Å². The van der Waals surface area contributed by atoms with Crippen LogP contribution < -0.4 is 5.32 Å². The minimum absolute atomic E-state index is 0.449. The Kier molecular flexibility index (Phi) is 4.55. The Labute approximate surface area is 84.4 Å². The molecule has 1 rings (SSSR count). The molecule has 80 valence electrons. The molecule has 0 amide bonds. The normalized spacial score (nSPS) is 13.1. The molecular formula is C9H18N4O. The zero-order valence-electron chi connectivity index (χ0n) is 9.03. The predicted octanol–water partition coefficient (Wildman–Crippen LogP) is 0.330. The van der Waals surface area contributed by atoms with Crippen molar-refractivity contribution >= 4 is 0 Å². The maximum absolute atomic E-state index is 5.00. The first-order valence-electron chi connectivity index (χ1n) is 4.80. The standard InChI is InChI=1S/C9H18N4O/c1-8(4-5-14-3)10-6-9-7-11-12-13(9)2/h7-8,10H,4-6H2,1-3H3. The summed E-state index contributed by atoms with van der Waals surface area (Å²) in [6.07, 6.45) is 2.79. The molecule has 1 unspecified atom stereocenters. The highest BCUT2D eigenvalue weighted by Crippen LogP contribution is 1.96. The molecule has 0 bridgehead atoms. The Bertz CT molecular complexity index is 261. The molecule has 0 saturated carbocycles. The number of aryl methyl sites for hydroxylation is 1. The van der Waals surface area contributed by atoms with Gasteiger partial charge >= 0.3 is 0 Å². The van der Waals surface area contributed by atoms with Gasteiger partial charge in [0.1, 0.15) is 0 Å². The Morgan fingerprint density at radius 3 is 3.00 bits per heavy atom. The molecule has 0 aliphatic heterocycles. The highest BCUT2D eigenvalue weighted by atomic mass is 16.5. The van der Waals surface area contributed by atoms with Gasteiger partial charge in [0, 0.05) is 33.4 Å². The van der Waals surface area contributed by atoms with Crippen molar-refractivity contribution in [2.75, 3.05) is 13.7 Å². The van der Waals surface area contributed by atoms with E-state index in [0.717, 1.165) is 25.3 Å². The lowest BCUT2D eigenvalue weighted by molar-refractivity contribution is 0.184. The first-order chi connectivity index (χ1) is 6.74. The summed E-state index contributed by atoms with van der Waals surface area (Å²) in [5, 5.41) is 11.0. The van der Waals surface area contributed by atoms with E-state index in [1.807, 2.05) is 7.05 Å². The third-order valence-corrected chi connectivity index (χ3v) is 2.19. The van der Waals surface area contributed by atoms with E-state index >= 15 is 0 Å². The highest BCUT2D eigenvalue weighted by Gasteiger charge is 2.03. The highest BCUT2D eigenvalue weighted by molar-refractivity contribution is 4.92. The number of hydrogen-bond donors (Lipinski definition) is 1. The number of nitrogens with one attached hydrogen (secondary N) is 1. The molecule has 0 aliphatic carbocycles. The third kappa shape index (κ3) is 3.43. The van der Waals surface area contributed by atoms with Gasteiger partial charge in [-0.2, -0.15) is 0 Å². The number of rotatable bonds is 6. The van der Waals surface area contributed by atoms with Gasteiger partial charge in [0.15, 0.2) is 0 Å². The summed E-state index contributed by atoms with van der Waals surface area (Å²) < 4.78 is 6.78. The molecule has 1 aromatic rings. The van der Waals surface area contributed by atoms with E-state index in [-0.39, 0.29) is 0 Å². The molecule has 1 N–H and O–H groups in total. The van der Waals surface area contributed by atoms with E-state index in [4.69, 9.17) is 4.74 Å². The van der Waals surface area contributed by atoms with Gasteiger partial charge in [-0.3, -0.25) is 4.68 Å². The SMILES string of the molecule is COCCC(C)NCc1cnnn1C. The van der Waals surface area contributed by atoms with Gasteiger partial charge in [-0.15, -0.1) is 5.10 Å². The minimum atomic E-state index is 0.449.